The van der Waals surface area contributed by atoms with E-state index < -0.39 is 0 Å². The largest absolute Gasteiger partial charge is 0.379 e. The molecule has 0 aromatic carbocycles. The first-order valence-electron chi connectivity index (χ1n) is 7.05. The van der Waals surface area contributed by atoms with E-state index in [9.17, 15) is 4.79 Å². The second kappa shape index (κ2) is 5.50. The third kappa shape index (κ3) is 2.69. The Morgan fingerprint density at radius 1 is 1.60 bits per heavy atom. The molecule has 0 radical (unpaired) electrons. The fraction of sp³-hybridized carbons (Fsp3) is 0.600. The third-order valence-corrected chi connectivity index (χ3v) is 4.24. The number of hydrogen-bond acceptors (Lipinski definition) is 4. The normalized spacial score (nSPS) is 29.2. The van der Waals surface area contributed by atoms with Crippen LogP contribution in [0.5, 0.6) is 0 Å². The van der Waals surface area contributed by atoms with Gasteiger partial charge in [0.15, 0.2) is 0 Å². The minimum Gasteiger partial charge on any atom is -0.379 e. The smallest absolute Gasteiger partial charge is 0.228 e. The van der Waals surface area contributed by atoms with Gasteiger partial charge in [-0.05, 0) is 18.6 Å². The highest BCUT2D eigenvalue weighted by Gasteiger charge is 2.46. The van der Waals surface area contributed by atoms with E-state index in [2.05, 4.69) is 4.98 Å². The summed E-state index contributed by atoms with van der Waals surface area (Å²) in [6.45, 7) is 2.08. The SMILES string of the molecule is COC1COC2(CCN(C(=O)Cc3ccccn3)C2)C1. The molecular formula is C15H20N2O3. The van der Waals surface area contributed by atoms with Crippen molar-refractivity contribution in [3.8, 4) is 0 Å². The van der Waals surface area contributed by atoms with Crippen LogP contribution in [0.4, 0.5) is 0 Å². The molecule has 0 bridgehead atoms. The van der Waals surface area contributed by atoms with Gasteiger partial charge in [-0.1, -0.05) is 6.07 Å². The number of carbonyl (C=O) groups excluding carboxylic acids is 1. The molecular weight excluding hydrogens is 256 g/mol. The minimum atomic E-state index is -0.180. The number of aromatic nitrogens is 1. The zero-order valence-electron chi connectivity index (χ0n) is 11.7. The van der Waals surface area contributed by atoms with Crippen molar-refractivity contribution in [2.45, 2.75) is 31.0 Å². The van der Waals surface area contributed by atoms with Crippen LogP contribution in [0.3, 0.4) is 0 Å². The molecule has 5 nitrogen and oxygen atoms in total. The molecule has 5 heteroatoms. The summed E-state index contributed by atoms with van der Waals surface area (Å²) in [5.41, 5.74) is 0.640. The number of likely N-dealkylation sites (tertiary alicyclic amines) is 1. The summed E-state index contributed by atoms with van der Waals surface area (Å²) in [6.07, 6.45) is 4.04. The summed E-state index contributed by atoms with van der Waals surface area (Å²) in [4.78, 5) is 18.4. The van der Waals surface area contributed by atoms with Crippen molar-refractivity contribution >= 4 is 5.91 Å². The summed E-state index contributed by atoms with van der Waals surface area (Å²) in [6, 6.07) is 5.65. The van der Waals surface area contributed by atoms with Gasteiger partial charge in [-0.2, -0.15) is 0 Å². The Morgan fingerprint density at radius 2 is 2.50 bits per heavy atom. The van der Waals surface area contributed by atoms with Gasteiger partial charge in [0.2, 0.25) is 5.91 Å². The fourth-order valence-electron chi connectivity index (χ4n) is 3.07. The lowest BCUT2D eigenvalue weighted by atomic mass is 9.98. The monoisotopic (exact) mass is 276 g/mol. The molecule has 2 fully saturated rings. The summed E-state index contributed by atoms with van der Waals surface area (Å²) in [5, 5.41) is 0. The van der Waals surface area contributed by atoms with Crippen molar-refractivity contribution in [3.63, 3.8) is 0 Å². The summed E-state index contributed by atoms with van der Waals surface area (Å²) >= 11 is 0. The van der Waals surface area contributed by atoms with Crippen molar-refractivity contribution in [1.29, 1.82) is 0 Å². The molecule has 2 aliphatic rings. The number of amides is 1. The lowest BCUT2D eigenvalue weighted by molar-refractivity contribution is -0.130. The molecule has 1 amide bonds. The Kier molecular flexibility index (Phi) is 3.72. The van der Waals surface area contributed by atoms with Gasteiger partial charge in [0.1, 0.15) is 0 Å². The molecule has 3 rings (SSSR count). The topological polar surface area (TPSA) is 51.7 Å². The lowest BCUT2D eigenvalue weighted by Crippen LogP contribution is -2.36. The van der Waals surface area contributed by atoms with Crippen LogP contribution >= 0.6 is 0 Å². The standard InChI is InChI=1S/C15H20N2O3/c1-19-13-9-15(20-10-13)5-7-17(11-15)14(18)8-12-4-2-3-6-16-12/h2-4,6,13H,5,7-11H2,1H3. The van der Waals surface area contributed by atoms with Gasteiger partial charge in [-0.3, -0.25) is 9.78 Å². The molecule has 2 atom stereocenters. The van der Waals surface area contributed by atoms with Gasteiger partial charge in [-0.15, -0.1) is 0 Å². The number of methoxy groups -OCH3 is 1. The van der Waals surface area contributed by atoms with Crippen LogP contribution in [0.15, 0.2) is 24.4 Å². The molecule has 2 aliphatic heterocycles. The third-order valence-electron chi connectivity index (χ3n) is 4.24. The molecule has 2 saturated heterocycles. The van der Waals surface area contributed by atoms with Crippen LogP contribution in [0.2, 0.25) is 0 Å². The maximum atomic E-state index is 12.3. The maximum Gasteiger partial charge on any atom is 0.228 e. The highest BCUT2D eigenvalue weighted by molar-refractivity contribution is 5.78. The first-order valence-corrected chi connectivity index (χ1v) is 7.05. The Hall–Kier alpha value is -1.46. The number of pyridine rings is 1. The van der Waals surface area contributed by atoms with Gasteiger partial charge in [0.25, 0.3) is 0 Å². The molecule has 0 N–H and O–H groups in total. The van der Waals surface area contributed by atoms with E-state index in [4.69, 9.17) is 9.47 Å². The van der Waals surface area contributed by atoms with Gasteiger partial charge in [-0.25, -0.2) is 0 Å². The minimum absolute atomic E-state index is 0.130. The Bertz CT molecular complexity index is 479. The Balaban J connectivity index is 1.59. The zero-order chi connectivity index (χ0) is 14.0. The average molecular weight is 276 g/mol. The highest BCUT2D eigenvalue weighted by Crippen LogP contribution is 2.36. The predicted molar refractivity (Wildman–Crippen MR) is 73.2 cm³/mol. The molecule has 0 aliphatic carbocycles. The van der Waals surface area contributed by atoms with E-state index in [1.807, 2.05) is 23.1 Å². The van der Waals surface area contributed by atoms with E-state index >= 15 is 0 Å². The first kappa shape index (κ1) is 13.5. The van der Waals surface area contributed by atoms with Crippen LogP contribution < -0.4 is 0 Å². The molecule has 3 heterocycles. The number of rotatable bonds is 3. The quantitative estimate of drug-likeness (QED) is 0.827. The summed E-state index contributed by atoms with van der Waals surface area (Å²) in [5.74, 6) is 0.130. The molecule has 108 valence electrons. The molecule has 1 spiro atoms. The zero-order valence-corrected chi connectivity index (χ0v) is 11.7. The summed E-state index contributed by atoms with van der Waals surface area (Å²) in [7, 11) is 1.71. The van der Waals surface area contributed by atoms with Crippen LogP contribution in [0.25, 0.3) is 0 Å². The average Bonchev–Trinajstić information content (AvgIpc) is 3.08. The van der Waals surface area contributed by atoms with E-state index in [1.54, 1.807) is 13.3 Å². The van der Waals surface area contributed by atoms with Crippen molar-refractivity contribution in [2.75, 3.05) is 26.8 Å². The Morgan fingerprint density at radius 3 is 3.20 bits per heavy atom. The van der Waals surface area contributed by atoms with Crippen molar-refractivity contribution < 1.29 is 14.3 Å². The van der Waals surface area contributed by atoms with Crippen molar-refractivity contribution in [2.24, 2.45) is 0 Å². The van der Waals surface area contributed by atoms with Crippen LogP contribution in [0.1, 0.15) is 18.5 Å². The molecule has 1 aromatic rings. The second-order valence-electron chi connectivity index (χ2n) is 5.62. The molecule has 0 saturated carbocycles. The predicted octanol–water partition coefficient (Wildman–Crippen LogP) is 1.03. The van der Waals surface area contributed by atoms with E-state index in [0.29, 0.717) is 19.6 Å². The highest BCUT2D eigenvalue weighted by atomic mass is 16.6. The Labute approximate surface area is 118 Å². The van der Waals surface area contributed by atoms with Gasteiger partial charge in [0, 0.05) is 38.5 Å². The van der Waals surface area contributed by atoms with Gasteiger partial charge >= 0.3 is 0 Å². The van der Waals surface area contributed by atoms with Crippen LogP contribution in [0, 0.1) is 0 Å². The van der Waals surface area contributed by atoms with Crippen molar-refractivity contribution in [1.82, 2.24) is 9.88 Å². The number of ether oxygens (including phenoxy) is 2. The summed E-state index contributed by atoms with van der Waals surface area (Å²) < 4.78 is 11.3. The second-order valence-corrected chi connectivity index (χ2v) is 5.62. The number of nitrogens with zero attached hydrogens (tertiary/aromatic N) is 2. The molecule has 1 aromatic heterocycles. The van der Waals surface area contributed by atoms with Crippen LogP contribution in [-0.4, -0.2) is 54.3 Å². The van der Waals surface area contributed by atoms with E-state index in [0.717, 1.165) is 25.1 Å². The number of carbonyl (C=O) groups is 1. The molecule has 2 unspecified atom stereocenters. The van der Waals surface area contributed by atoms with E-state index in [1.165, 1.54) is 0 Å². The maximum absolute atomic E-state index is 12.3. The van der Waals surface area contributed by atoms with Gasteiger partial charge in [0.05, 0.1) is 24.7 Å². The van der Waals surface area contributed by atoms with Crippen molar-refractivity contribution in [3.05, 3.63) is 30.1 Å². The van der Waals surface area contributed by atoms with E-state index in [-0.39, 0.29) is 17.6 Å². The molecule has 20 heavy (non-hydrogen) atoms. The lowest BCUT2D eigenvalue weighted by Gasteiger charge is -2.23. The number of hydrogen-bond donors (Lipinski definition) is 0. The first-order chi connectivity index (χ1) is 9.71. The van der Waals surface area contributed by atoms with Gasteiger partial charge < -0.3 is 14.4 Å². The van der Waals surface area contributed by atoms with Crippen LogP contribution in [-0.2, 0) is 20.7 Å². The fourth-order valence-corrected chi connectivity index (χ4v) is 3.07.